The molecule has 0 unspecified atom stereocenters. The maximum Gasteiger partial charge on any atom is 0.237 e. The molecule has 2 aromatic rings. The number of hydrogen-bond acceptors (Lipinski definition) is 8. The number of thioether (sulfide) groups is 2. The second-order valence-electron chi connectivity index (χ2n) is 4.18. The van der Waals surface area contributed by atoms with Crippen molar-refractivity contribution in [3.63, 3.8) is 0 Å². The summed E-state index contributed by atoms with van der Waals surface area (Å²) in [7, 11) is 0. The van der Waals surface area contributed by atoms with Gasteiger partial charge in [0.1, 0.15) is 0 Å². The molecule has 7 nitrogen and oxygen atoms in total. The molecule has 0 aliphatic carbocycles. The number of halogens is 1. The highest BCUT2D eigenvalue weighted by Gasteiger charge is 2.18. The lowest BCUT2D eigenvalue weighted by Crippen LogP contribution is -2.22. The number of carbonyl (C=O) groups excluding carboxylic acids is 2. The molecule has 0 aliphatic rings. The van der Waals surface area contributed by atoms with Crippen LogP contribution < -0.4 is 11.1 Å². The van der Waals surface area contributed by atoms with E-state index in [9.17, 15) is 9.59 Å². The summed E-state index contributed by atoms with van der Waals surface area (Å²) in [5, 5.41) is 10.5. The van der Waals surface area contributed by atoms with E-state index in [2.05, 4.69) is 20.5 Å². The van der Waals surface area contributed by atoms with Crippen molar-refractivity contribution in [2.24, 2.45) is 5.73 Å². The van der Waals surface area contributed by atoms with E-state index in [4.69, 9.17) is 17.3 Å². The largest absolute Gasteiger partial charge is 0.369 e. The van der Waals surface area contributed by atoms with Gasteiger partial charge in [0, 0.05) is 6.20 Å². The number of nitrogens with one attached hydrogen (secondary N) is 1. The Morgan fingerprint density at radius 2 is 2.17 bits per heavy atom. The van der Waals surface area contributed by atoms with Gasteiger partial charge in [-0.2, -0.15) is 0 Å². The summed E-state index contributed by atoms with van der Waals surface area (Å²) in [6.45, 7) is 1.75. The third-order valence-corrected chi connectivity index (χ3v) is 5.95. The van der Waals surface area contributed by atoms with E-state index in [0.29, 0.717) is 14.4 Å². The van der Waals surface area contributed by atoms with E-state index in [0.717, 1.165) is 0 Å². The summed E-state index contributed by atoms with van der Waals surface area (Å²) >= 11 is 9.70. The number of nitrogens with zero attached hydrogens (tertiary/aromatic N) is 3. The number of rotatable bonds is 7. The SMILES string of the molecule is C[C@H](Sc1nnc(SCC(N)=O)s1)C(=O)Nc1cccnc1Cl. The minimum absolute atomic E-state index is 0.148. The van der Waals surface area contributed by atoms with Crippen molar-refractivity contribution in [1.29, 1.82) is 0 Å². The molecule has 122 valence electrons. The van der Waals surface area contributed by atoms with Crippen molar-refractivity contribution in [1.82, 2.24) is 15.2 Å². The molecule has 0 fully saturated rings. The van der Waals surface area contributed by atoms with Gasteiger partial charge in [0.05, 0.1) is 16.7 Å². The van der Waals surface area contributed by atoms with Crippen LogP contribution in [0.1, 0.15) is 6.92 Å². The molecule has 2 amide bonds. The first kappa shape index (κ1) is 18.0. The highest BCUT2D eigenvalue weighted by Crippen LogP contribution is 2.31. The fraction of sp³-hybridized carbons (Fsp3) is 0.250. The van der Waals surface area contributed by atoms with Crippen molar-refractivity contribution in [3.05, 3.63) is 23.5 Å². The van der Waals surface area contributed by atoms with Crippen LogP contribution >= 0.6 is 46.5 Å². The summed E-state index contributed by atoms with van der Waals surface area (Å²) < 4.78 is 1.27. The molecule has 11 heteroatoms. The number of primary amides is 1. The molecule has 0 saturated heterocycles. The zero-order valence-electron chi connectivity index (χ0n) is 11.9. The van der Waals surface area contributed by atoms with Crippen molar-refractivity contribution < 1.29 is 9.59 Å². The van der Waals surface area contributed by atoms with Gasteiger partial charge < -0.3 is 11.1 Å². The third kappa shape index (κ3) is 5.65. The van der Waals surface area contributed by atoms with E-state index in [1.165, 1.54) is 34.9 Å². The summed E-state index contributed by atoms with van der Waals surface area (Å²) in [6.07, 6.45) is 1.54. The molecule has 3 N–H and O–H groups in total. The Kier molecular flexibility index (Phi) is 6.63. The molecular formula is C12H12ClN5O2S3. The number of pyridine rings is 1. The van der Waals surface area contributed by atoms with Gasteiger partial charge in [-0.15, -0.1) is 10.2 Å². The Morgan fingerprint density at radius 1 is 1.43 bits per heavy atom. The summed E-state index contributed by atoms with van der Waals surface area (Å²) in [6, 6.07) is 3.36. The minimum atomic E-state index is -0.416. The molecule has 0 radical (unpaired) electrons. The number of carbonyl (C=O) groups is 2. The summed E-state index contributed by atoms with van der Waals surface area (Å²) in [5.74, 6) is -0.485. The molecule has 0 aliphatic heterocycles. The van der Waals surface area contributed by atoms with Gasteiger partial charge in [-0.1, -0.05) is 46.5 Å². The molecule has 23 heavy (non-hydrogen) atoms. The topological polar surface area (TPSA) is 111 Å². The molecule has 2 heterocycles. The van der Waals surface area contributed by atoms with E-state index >= 15 is 0 Å². The van der Waals surface area contributed by atoms with Crippen LogP contribution in [-0.4, -0.2) is 38.0 Å². The van der Waals surface area contributed by atoms with E-state index in [1.807, 2.05) is 0 Å². The average Bonchev–Trinajstić information content (AvgIpc) is 2.95. The van der Waals surface area contributed by atoms with Gasteiger partial charge in [0.2, 0.25) is 11.8 Å². The van der Waals surface area contributed by atoms with Crippen LogP contribution in [0.3, 0.4) is 0 Å². The van der Waals surface area contributed by atoms with Gasteiger partial charge in [-0.05, 0) is 19.1 Å². The van der Waals surface area contributed by atoms with Crippen LogP contribution in [0.2, 0.25) is 5.15 Å². The Hall–Kier alpha value is -1.36. The zero-order valence-corrected chi connectivity index (χ0v) is 15.1. The molecule has 0 aromatic carbocycles. The molecule has 0 spiro atoms. The van der Waals surface area contributed by atoms with Crippen molar-refractivity contribution >= 4 is 64.0 Å². The van der Waals surface area contributed by atoms with E-state index in [1.54, 1.807) is 25.3 Å². The van der Waals surface area contributed by atoms with Crippen LogP contribution in [-0.2, 0) is 9.59 Å². The number of nitrogens with two attached hydrogens (primary N) is 1. The van der Waals surface area contributed by atoms with Gasteiger partial charge in [0.15, 0.2) is 13.8 Å². The van der Waals surface area contributed by atoms with Crippen LogP contribution in [0.15, 0.2) is 27.0 Å². The number of aromatic nitrogens is 3. The molecule has 2 aromatic heterocycles. The van der Waals surface area contributed by atoms with Gasteiger partial charge in [-0.25, -0.2) is 4.98 Å². The smallest absolute Gasteiger partial charge is 0.237 e. The summed E-state index contributed by atoms with van der Waals surface area (Å²) in [4.78, 5) is 26.8. The fourth-order valence-corrected chi connectivity index (χ4v) is 4.42. The van der Waals surface area contributed by atoms with Crippen LogP contribution in [0, 0.1) is 0 Å². The lowest BCUT2D eigenvalue weighted by molar-refractivity contribution is -0.116. The van der Waals surface area contributed by atoms with E-state index in [-0.39, 0.29) is 16.8 Å². The highest BCUT2D eigenvalue weighted by atomic mass is 35.5. The molecule has 0 bridgehead atoms. The van der Waals surface area contributed by atoms with Crippen LogP contribution in [0.25, 0.3) is 0 Å². The van der Waals surface area contributed by atoms with Crippen molar-refractivity contribution in [2.75, 3.05) is 11.1 Å². The van der Waals surface area contributed by atoms with Crippen molar-refractivity contribution in [2.45, 2.75) is 20.9 Å². The molecule has 1 atom stereocenters. The number of hydrogen-bond donors (Lipinski definition) is 2. The Bertz CT molecular complexity index is 712. The highest BCUT2D eigenvalue weighted by molar-refractivity contribution is 8.04. The Morgan fingerprint density at radius 3 is 2.87 bits per heavy atom. The fourth-order valence-electron chi connectivity index (χ4n) is 1.35. The lowest BCUT2D eigenvalue weighted by atomic mass is 10.4. The standard InChI is InChI=1S/C12H12ClN5O2S3/c1-6(10(20)16-7-3-2-4-15-9(7)13)22-12-18-17-11(23-12)21-5-8(14)19/h2-4,6H,5H2,1H3,(H2,14,19)(H,16,20)/t6-/m0/s1. The predicted molar refractivity (Wildman–Crippen MR) is 93.0 cm³/mol. The van der Waals surface area contributed by atoms with Crippen LogP contribution in [0.5, 0.6) is 0 Å². The molecular weight excluding hydrogens is 378 g/mol. The Balaban J connectivity index is 1.91. The first-order valence-corrected chi connectivity index (χ1v) is 9.34. The first-order valence-electron chi connectivity index (χ1n) is 6.28. The maximum absolute atomic E-state index is 12.2. The van der Waals surface area contributed by atoms with Crippen LogP contribution in [0.4, 0.5) is 5.69 Å². The zero-order chi connectivity index (χ0) is 16.8. The second-order valence-corrected chi connectivity index (χ2v) is 8.33. The number of amides is 2. The average molecular weight is 390 g/mol. The van der Waals surface area contributed by atoms with Gasteiger partial charge >= 0.3 is 0 Å². The van der Waals surface area contributed by atoms with Crippen molar-refractivity contribution in [3.8, 4) is 0 Å². The Labute approximate surface area is 149 Å². The normalized spacial score (nSPS) is 11.9. The number of anilines is 1. The lowest BCUT2D eigenvalue weighted by Gasteiger charge is -2.10. The molecule has 0 saturated carbocycles. The molecule has 2 rings (SSSR count). The third-order valence-electron chi connectivity index (χ3n) is 2.39. The van der Waals surface area contributed by atoms with E-state index < -0.39 is 11.2 Å². The first-order chi connectivity index (χ1) is 11.0. The minimum Gasteiger partial charge on any atom is -0.369 e. The quantitative estimate of drug-likeness (QED) is 0.552. The monoisotopic (exact) mass is 389 g/mol. The van der Waals surface area contributed by atoms with Gasteiger partial charge in [0.25, 0.3) is 0 Å². The maximum atomic E-state index is 12.2. The predicted octanol–water partition coefficient (Wildman–Crippen LogP) is 2.28. The van der Waals surface area contributed by atoms with Gasteiger partial charge in [-0.3, -0.25) is 9.59 Å². The summed E-state index contributed by atoms with van der Waals surface area (Å²) in [5.41, 5.74) is 5.54. The second kappa shape index (κ2) is 8.48.